The second kappa shape index (κ2) is 15.1. The van der Waals surface area contributed by atoms with Crippen molar-refractivity contribution in [2.24, 2.45) is 0 Å². The van der Waals surface area contributed by atoms with Crippen molar-refractivity contribution < 1.29 is 35.0 Å². The Morgan fingerprint density at radius 2 is 1.18 bits per heavy atom. The first-order valence-corrected chi connectivity index (χ1v) is 10.1. The molecule has 0 rings (SSSR count). The second-order valence-electron chi connectivity index (χ2n) is 6.00. The number of hydrogen-bond acceptors (Lipinski definition) is 3. The zero-order chi connectivity index (χ0) is 16.1. The molecule has 4 nitrogen and oxygen atoms in total. The van der Waals surface area contributed by atoms with Crippen molar-refractivity contribution in [3.63, 3.8) is 0 Å². The van der Waals surface area contributed by atoms with Gasteiger partial charge in [-0.05, 0) is 26.7 Å². The molecule has 0 aliphatic heterocycles. The normalized spacial score (nSPS) is 16.6. The minimum atomic E-state index is -3.92. The van der Waals surface area contributed by atoms with Crippen LogP contribution in [0.3, 0.4) is 0 Å². The molecule has 22 heavy (non-hydrogen) atoms. The van der Waals surface area contributed by atoms with Gasteiger partial charge < -0.3 is 4.89 Å². The quantitative estimate of drug-likeness (QED) is 0.234. The molecule has 0 fully saturated rings. The van der Waals surface area contributed by atoms with Crippen LogP contribution in [0.5, 0.6) is 0 Å². The van der Waals surface area contributed by atoms with Crippen LogP contribution in [0, 0.1) is 0 Å². The van der Waals surface area contributed by atoms with Crippen LogP contribution in [0.1, 0.15) is 91.9 Å². The monoisotopic (exact) mass is 380 g/mol. The maximum absolute atomic E-state index is 11.9. The summed E-state index contributed by atoms with van der Waals surface area (Å²) < 4.78 is 22.3. The molecular weight excluding hydrogens is 346 g/mol. The summed E-state index contributed by atoms with van der Waals surface area (Å²) in [4.78, 5) is 9.77. The molecule has 0 aromatic rings. The Labute approximate surface area is 147 Å². The minimum Gasteiger partial charge on any atom is -0.302 e. The summed E-state index contributed by atoms with van der Waals surface area (Å²) in [6.07, 6.45) is 10.3. The van der Waals surface area contributed by atoms with E-state index in [1.807, 2.05) is 13.8 Å². The molecule has 0 bridgehead atoms. The molecule has 0 aliphatic rings. The molecule has 0 aliphatic carbocycles. The molecule has 0 radical (unpaired) electrons. The fraction of sp³-hybridized carbons (Fsp3) is 1.00. The first kappa shape index (κ1) is 24.9. The maximum atomic E-state index is 11.9. The largest absolute Gasteiger partial charge is 0.472 e. The van der Waals surface area contributed by atoms with Crippen LogP contribution in [0.2, 0.25) is 0 Å². The predicted molar refractivity (Wildman–Crippen MR) is 88.4 cm³/mol. The van der Waals surface area contributed by atoms with Crippen LogP contribution in [0.4, 0.5) is 0 Å². The summed E-state index contributed by atoms with van der Waals surface area (Å²) in [6.45, 7) is 8.00. The van der Waals surface area contributed by atoms with Gasteiger partial charge in [-0.2, -0.15) is 0 Å². The Hall–Kier alpha value is 0.604. The van der Waals surface area contributed by atoms with E-state index >= 15 is 0 Å². The van der Waals surface area contributed by atoms with Crippen LogP contribution < -0.4 is 0 Å². The Bertz CT molecular complexity index is 265. The van der Waals surface area contributed by atoms with Crippen LogP contribution in [-0.2, 0) is 30.1 Å². The van der Waals surface area contributed by atoms with Gasteiger partial charge in [0, 0.05) is 16.5 Å². The third-order valence-electron chi connectivity index (χ3n) is 3.55. The van der Waals surface area contributed by atoms with Crippen molar-refractivity contribution in [1.82, 2.24) is 0 Å². The Morgan fingerprint density at radius 3 is 1.50 bits per heavy atom. The molecule has 0 saturated heterocycles. The summed E-state index contributed by atoms with van der Waals surface area (Å²) in [6, 6.07) is 0. The van der Waals surface area contributed by atoms with Gasteiger partial charge in [0.1, 0.15) is 0 Å². The van der Waals surface area contributed by atoms with E-state index in [1.165, 1.54) is 25.7 Å². The Kier molecular flexibility index (Phi) is 17.1. The van der Waals surface area contributed by atoms with Crippen molar-refractivity contribution in [3.8, 4) is 0 Å². The number of hydrogen-bond donors (Lipinski definition) is 1. The number of unbranched alkanes of at least 4 members (excludes halogenated alkanes) is 6. The third kappa shape index (κ3) is 15.5. The Morgan fingerprint density at radius 1 is 0.818 bits per heavy atom. The van der Waals surface area contributed by atoms with Gasteiger partial charge in [-0.15, -0.1) is 0 Å². The second-order valence-corrected chi connectivity index (χ2v) is 7.36. The van der Waals surface area contributed by atoms with Gasteiger partial charge in [-0.1, -0.05) is 65.2 Å². The zero-order valence-electron chi connectivity index (χ0n) is 14.7. The molecule has 0 heterocycles. The molecule has 0 saturated carbocycles. The van der Waals surface area contributed by atoms with E-state index in [0.717, 1.165) is 38.5 Å². The topological polar surface area (TPSA) is 55.8 Å². The summed E-state index contributed by atoms with van der Waals surface area (Å²) in [5.41, 5.74) is 0. The molecule has 2 atom stereocenters. The molecule has 0 spiro atoms. The van der Waals surface area contributed by atoms with Crippen LogP contribution in [0.15, 0.2) is 0 Å². The molecule has 0 amide bonds. The van der Waals surface area contributed by atoms with Crippen molar-refractivity contribution in [1.29, 1.82) is 0 Å². The summed E-state index contributed by atoms with van der Waals surface area (Å²) in [5.74, 6) is 0. The standard InChI is InChI=1S/C16H35O4P.Ni/c1-5-7-9-11-13-15(3)19-21(17,18)20-16(4)14-12-10-8-6-2;/h15-16H,5-14H2,1-4H3,(H,17,18);. The molecule has 2 unspecified atom stereocenters. The molecular formula is C16H35NiO4P. The van der Waals surface area contributed by atoms with Crippen molar-refractivity contribution in [2.45, 2.75) is 104 Å². The molecule has 6 heteroatoms. The summed E-state index contributed by atoms with van der Waals surface area (Å²) >= 11 is 0. The van der Waals surface area contributed by atoms with Crippen molar-refractivity contribution in [2.75, 3.05) is 0 Å². The van der Waals surface area contributed by atoms with Gasteiger partial charge in [0.2, 0.25) is 0 Å². The van der Waals surface area contributed by atoms with Gasteiger partial charge in [0.25, 0.3) is 0 Å². The van der Waals surface area contributed by atoms with Gasteiger partial charge in [-0.3, -0.25) is 9.05 Å². The number of rotatable bonds is 14. The van der Waals surface area contributed by atoms with E-state index in [9.17, 15) is 9.46 Å². The van der Waals surface area contributed by atoms with Crippen molar-refractivity contribution >= 4 is 7.82 Å². The van der Waals surface area contributed by atoms with Gasteiger partial charge in [0.05, 0.1) is 12.2 Å². The first-order valence-electron chi connectivity index (χ1n) is 8.60. The third-order valence-corrected chi connectivity index (χ3v) is 4.81. The number of phosphoric ester groups is 1. The summed E-state index contributed by atoms with van der Waals surface area (Å²) in [7, 11) is -3.92. The SMILES string of the molecule is CCCCCCC(C)OP(=O)(O)OC(C)CCCCCC.[Ni]. The van der Waals surface area contributed by atoms with E-state index in [2.05, 4.69) is 13.8 Å². The smallest absolute Gasteiger partial charge is 0.302 e. The van der Waals surface area contributed by atoms with E-state index in [1.54, 1.807) is 0 Å². The van der Waals surface area contributed by atoms with E-state index < -0.39 is 7.82 Å². The fourth-order valence-corrected chi connectivity index (χ4v) is 3.47. The summed E-state index contributed by atoms with van der Waals surface area (Å²) in [5, 5.41) is 0. The van der Waals surface area contributed by atoms with Gasteiger partial charge in [0.15, 0.2) is 0 Å². The maximum Gasteiger partial charge on any atom is 0.472 e. The Balaban J connectivity index is 0. The van der Waals surface area contributed by atoms with Crippen LogP contribution >= 0.6 is 7.82 Å². The fourth-order valence-electron chi connectivity index (χ4n) is 2.30. The van der Waals surface area contributed by atoms with E-state index in [-0.39, 0.29) is 28.7 Å². The molecule has 138 valence electrons. The van der Waals surface area contributed by atoms with Gasteiger partial charge >= 0.3 is 7.82 Å². The predicted octanol–water partition coefficient (Wildman–Crippen LogP) is 5.84. The number of phosphoric acid groups is 1. The molecule has 1 N–H and O–H groups in total. The first-order chi connectivity index (χ1) is 9.91. The minimum absolute atomic E-state index is 0. The van der Waals surface area contributed by atoms with Crippen molar-refractivity contribution in [3.05, 3.63) is 0 Å². The van der Waals surface area contributed by atoms with Crippen LogP contribution in [0.25, 0.3) is 0 Å². The van der Waals surface area contributed by atoms with Gasteiger partial charge in [-0.25, -0.2) is 4.57 Å². The van der Waals surface area contributed by atoms with Crippen LogP contribution in [-0.4, -0.2) is 17.1 Å². The van der Waals surface area contributed by atoms with E-state index in [4.69, 9.17) is 9.05 Å². The zero-order valence-corrected chi connectivity index (χ0v) is 16.5. The average Bonchev–Trinajstić information content (AvgIpc) is 2.38. The molecule has 0 aromatic heterocycles. The van der Waals surface area contributed by atoms with E-state index in [0.29, 0.717) is 0 Å². The average molecular weight is 381 g/mol. The molecule has 0 aromatic carbocycles.